The molecule has 2 N–H and O–H groups in total. The second kappa shape index (κ2) is 4.62. The number of carbonyl (C=O) groups excluding carboxylic acids is 1. The van der Waals surface area contributed by atoms with Crippen LogP contribution in [0, 0.1) is 20.8 Å². The molecular formula is C16H18N2O3. The van der Waals surface area contributed by atoms with Gasteiger partial charge in [0.05, 0.1) is 0 Å². The number of aryl methyl sites for hydroxylation is 3. The fourth-order valence-electron chi connectivity index (χ4n) is 3.03. The topological polar surface area (TPSA) is 73.4 Å². The molecule has 1 atom stereocenters. The molecule has 0 aliphatic carbocycles. The van der Waals surface area contributed by atoms with Gasteiger partial charge in [-0.3, -0.25) is 4.79 Å². The third-order valence-electron chi connectivity index (χ3n) is 4.29. The monoisotopic (exact) mass is 286 g/mol. The maximum Gasteiger partial charge on any atom is 0.326 e. The van der Waals surface area contributed by atoms with Crippen molar-refractivity contribution in [1.82, 2.24) is 9.88 Å². The fourth-order valence-corrected chi connectivity index (χ4v) is 3.03. The van der Waals surface area contributed by atoms with Crippen LogP contribution in [0.1, 0.15) is 33.6 Å². The summed E-state index contributed by atoms with van der Waals surface area (Å²) in [6.07, 6.45) is 0.526. The molecule has 1 amide bonds. The number of hydrogen-bond donors (Lipinski definition) is 2. The van der Waals surface area contributed by atoms with E-state index >= 15 is 0 Å². The molecule has 1 fully saturated rings. The van der Waals surface area contributed by atoms with Gasteiger partial charge in [-0.1, -0.05) is 11.6 Å². The van der Waals surface area contributed by atoms with Gasteiger partial charge in [0.25, 0.3) is 5.91 Å². The Hall–Kier alpha value is -2.30. The van der Waals surface area contributed by atoms with Crippen LogP contribution in [0.2, 0.25) is 0 Å². The van der Waals surface area contributed by atoms with E-state index < -0.39 is 12.0 Å². The van der Waals surface area contributed by atoms with Gasteiger partial charge in [0.2, 0.25) is 0 Å². The van der Waals surface area contributed by atoms with E-state index in [1.807, 2.05) is 20.8 Å². The van der Waals surface area contributed by atoms with Gasteiger partial charge in [0, 0.05) is 17.4 Å². The largest absolute Gasteiger partial charge is 0.480 e. The lowest BCUT2D eigenvalue weighted by molar-refractivity contribution is -0.146. The zero-order chi connectivity index (χ0) is 15.3. The summed E-state index contributed by atoms with van der Waals surface area (Å²) >= 11 is 0. The van der Waals surface area contributed by atoms with E-state index in [9.17, 15) is 9.59 Å². The molecule has 1 saturated heterocycles. The third-order valence-corrected chi connectivity index (χ3v) is 4.29. The Balaban J connectivity index is 2.05. The lowest BCUT2D eigenvalue weighted by Gasteiger charge is -2.37. The van der Waals surface area contributed by atoms with E-state index in [1.165, 1.54) is 4.90 Å². The number of aliphatic carboxylic acids is 1. The summed E-state index contributed by atoms with van der Waals surface area (Å²) < 4.78 is 0. The molecule has 1 aliphatic heterocycles. The van der Waals surface area contributed by atoms with Gasteiger partial charge in [0.15, 0.2) is 0 Å². The first-order valence-corrected chi connectivity index (χ1v) is 7.03. The van der Waals surface area contributed by atoms with E-state index in [0.29, 0.717) is 18.7 Å². The minimum Gasteiger partial charge on any atom is -0.480 e. The number of likely N-dealkylation sites (tertiary alicyclic amines) is 1. The third kappa shape index (κ3) is 2.00. The summed E-state index contributed by atoms with van der Waals surface area (Å²) in [5.74, 6) is -1.16. The van der Waals surface area contributed by atoms with Crippen LogP contribution < -0.4 is 0 Å². The Bertz CT molecular complexity index is 760. The van der Waals surface area contributed by atoms with Gasteiger partial charge >= 0.3 is 5.97 Å². The molecule has 2 heterocycles. The van der Waals surface area contributed by atoms with Crippen molar-refractivity contribution >= 4 is 22.8 Å². The predicted octanol–water partition coefficient (Wildman–Crippen LogP) is 2.39. The summed E-state index contributed by atoms with van der Waals surface area (Å²) in [6, 6.07) is 3.43. The summed E-state index contributed by atoms with van der Waals surface area (Å²) in [4.78, 5) is 28.2. The van der Waals surface area contributed by atoms with Gasteiger partial charge in [0.1, 0.15) is 11.7 Å². The molecule has 110 valence electrons. The standard InChI is InChI=1S/C16H18N2O3/c1-8-6-9(2)13-11(7-8)10(3)14(17-13)15(19)18-5-4-12(18)16(20)21/h6-7,12,17H,4-5H2,1-3H3,(H,20,21)/t12-/m1/s1. The van der Waals surface area contributed by atoms with Crippen LogP contribution in [0.15, 0.2) is 12.1 Å². The summed E-state index contributed by atoms with van der Waals surface area (Å²) in [5, 5.41) is 10.1. The predicted molar refractivity (Wildman–Crippen MR) is 79.6 cm³/mol. The molecule has 1 aromatic carbocycles. The van der Waals surface area contributed by atoms with Crippen LogP contribution in [0.4, 0.5) is 0 Å². The summed E-state index contributed by atoms with van der Waals surface area (Å²) in [7, 11) is 0. The second-order valence-electron chi connectivity index (χ2n) is 5.77. The molecule has 5 heteroatoms. The normalized spacial score (nSPS) is 17.9. The van der Waals surface area contributed by atoms with E-state index in [0.717, 1.165) is 27.6 Å². The summed E-state index contributed by atoms with van der Waals surface area (Å²) in [5.41, 5.74) is 4.58. The highest BCUT2D eigenvalue weighted by Crippen LogP contribution is 2.29. The molecule has 0 radical (unpaired) electrons. The molecule has 2 aromatic rings. The van der Waals surface area contributed by atoms with Crippen molar-refractivity contribution in [3.05, 3.63) is 34.5 Å². The SMILES string of the molecule is Cc1cc(C)c2[nH]c(C(=O)N3CC[C@@H]3C(=O)O)c(C)c2c1. The highest BCUT2D eigenvalue weighted by Gasteiger charge is 2.39. The first-order chi connectivity index (χ1) is 9.90. The first kappa shape index (κ1) is 13.7. The lowest BCUT2D eigenvalue weighted by Crippen LogP contribution is -2.55. The number of H-pyrrole nitrogens is 1. The number of fused-ring (bicyclic) bond motifs is 1. The number of benzene rings is 1. The number of aromatic amines is 1. The van der Waals surface area contributed by atoms with Crippen molar-refractivity contribution in [3.63, 3.8) is 0 Å². The molecule has 1 aromatic heterocycles. The minimum atomic E-state index is -0.935. The van der Waals surface area contributed by atoms with Crippen LogP contribution >= 0.6 is 0 Å². The van der Waals surface area contributed by atoms with Crippen molar-refractivity contribution in [2.75, 3.05) is 6.54 Å². The number of nitrogens with zero attached hydrogens (tertiary/aromatic N) is 1. The van der Waals surface area contributed by atoms with Crippen LogP contribution in [-0.4, -0.2) is 39.5 Å². The van der Waals surface area contributed by atoms with E-state index in [4.69, 9.17) is 5.11 Å². The molecule has 0 spiro atoms. The van der Waals surface area contributed by atoms with E-state index in [2.05, 4.69) is 17.1 Å². The van der Waals surface area contributed by atoms with Crippen molar-refractivity contribution in [1.29, 1.82) is 0 Å². The number of hydrogen-bond acceptors (Lipinski definition) is 2. The van der Waals surface area contributed by atoms with Gasteiger partial charge in [-0.15, -0.1) is 0 Å². The highest BCUT2D eigenvalue weighted by atomic mass is 16.4. The average Bonchev–Trinajstić information content (AvgIpc) is 2.65. The second-order valence-corrected chi connectivity index (χ2v) is 5.77. The Morgan fingerprint density at radius 3 is 2.57 bits per heavy atom. The quantitative estimate of drug-likeness (QED) is 0.890. The number of rotatable bonds is 2. The molecule has 3 rings (SSSR count). The number of carbonyl (C=O) groups is 2. The van der Waals surface area contributed by atoms with Crippen molar-refractivity contribution in [2.45, 2.75) is 33.2 Å². The van der Waals surface area contributed by atoms with Crippen LogP contribution in [-0.2, 0) is 4.79 Å². The first-order valence-electron chi connectivity index (χ1n) is 7.03. The van der Waals surface area contributed by atoms with Gasteiger partial charge in [-0.2, -0.15) is 0 Å². The van der Waals surface area contributed by atoms with Crippen molar-refractivity contribution < 1.29 is 14.7 Å². The average molecular weight is 286 g/mol. The number of amides is 1. The Labute approximate surface area is 122 Å². The summed E-state index contributed by atoms with van der Waals surface area (Å²) in [6.45, 7) is 6.43. The van der Waals surface area contributed by atoms with Gasteiger partial charge in [-0.05, 0) is 44.4 Å². The molecule has 1 aliphatic rings. The van der Waals surface area contributed by atoms with Crippen LogP contribution in [0.3, 0.4) is 0 Å². The van der Waals surface area contributed by atoms with Crippen molar-refractivity contribution in [3.8, 4) is 0 Å². The van der Waals surface area contributed by atoms with Crippen LogP contribution in [0.5, 0.6) is 0 Å². The number of carboxylic acids is 1. The van der Waals surface area contributed by atoms with Crippen molar-refractivity contribution in [2.24, 2.45) is 0 Å². The Morgan fingerprint density at radius 1 is 1.29 bits per heavy atom. The van der Waals surface area contributed by atoms with E-state index in [-0.39, 0.29) is 5.91 Å². The smallest absolute Gasteiger partial charge is 0.326 e. The molecular weight excluding hydrogens is 268 g/mol. The van der Waals surface area contributed by atoms with E-state index in [1.54, 1.807) is 0 Å². The fraction of sp³-hybridized carbons (Fsp3) is 0.375. The Kier molecular flexibility index (Phi) is 3.01. The molecule has 0 saturated carbocycles. The molecule has 0 unspecified atom stereocenters. The maximum absolute atomic E-state index is 12.6. The highest BCUT2D eigenvalue weighted by molar-refractivity contribution is 6.03. The van der Waals surface area contributed by atoms with Gasteiger partial charge in [-0.25, -0.2) is 4.79 Å². The zero-order valence-electron chi connectivity index (χ0n) is 12.4. The lowest BCUT2D eigenvalue weighted by atomic mass is 10.0. The number of aromatic nitrogens is 1. The molecule has 5 nitrogen and oxygen atoms in total. The Morgan fingerprint density at radius 2 is 2.00 bits per heavy atom. The zero-order valence-corrected chi connectivity index (χ0v) is 12.4. The maximum atomic E-state index is 12.6. The minimum absolute atomic E-state index is 0.223. The number of carboxylic acid groups (broad SMARTS) is 1. The molecule has 0 bridgehead atoms. The van der Waals surface area contributed by atoms with Crippen LogP contribution in [0.25, 0.3) is 10.9 Å². The van der Waals surface area contributed by atoms with Gasteiger partial charge < -0.3 is 15.0 Å². The molecule has 21 heavy (non-hydrogen) atoms. The number of nitrogens with one attached hydrogen (secondary N) is 1.